The Kier molecular flexibility index (Phi) is 10.0. The molecule has 2 unspecified atom stereocenters. The van der Waals surface area contributed by atoms with Crippen LogP contribution in [-0.4, -0.2) is 28.8 Å². The van der Waals surface area contributed by atoms with Gasteiger partial charge in [-0.25, -0.2) is 0 Å². The molecule has 4 aromatic carbocycles. The summed E-state index contributed by atoms with van der Waals surface area (Å²) in [7, 11) is 0. The third-order valence-electron chi connectivity index (χ3n) is 7.15. The molecule has 0 saturated heterocycles. The maximum atomic E-state index is 14.0. The summed E-state index contributed by atoms with van der Waals surface area (Å²) >= 11 is 13.1. The highest BCUT2D eigenvalue weighted by molar-refractivity contribution is 6.36. The van der Waals surface area contributed by atoms with Gasteiger partial charge in [-0.05, 0) is 53.8 Å². The maximum Gasteiger partial charge on any atom is 0.243 e. The van der Waals surface area contributed by atoms with Crippen molar-refractivity contribution in [3.63, 3.8) is 0 Å². The zero-order valence-corrected chi connectivity index (χ0v) is 23.9. The molecule has 1 N–H and O–H groups in total. The molecule has 0 bridgehead atoms. The molecule has 0 aliphatic heterocycles. The molecular weight excluding hydrogens is 527 g/mol. The van der Waals surface area contributed by atoms with Crippen LogP contribution < -0.4 is 5.32 Å². The van der Waals surface area contributed by atoms with Crippen LogP contribution in [0.1, 0.15) is 43.4 Å². The summed E-state index contributed by atoms with van der Waals surface area (Å²) in [6.45, 7) is 4.13. The Morgan fingerprint density at radius 1 is 0.846 bits per heavy atom. The second-order valence-electron chi connectivity index (χ2n) is 9.88. The van der Waals surface area contributed by atoms with E-state index in [1.54, 1.807) is 23.1 Å². The standard InChI is InChI=1S/C33H34Cl2N2O2/c1-3-23(2)36-33(39)31(21-24-11-5-4-6-12-24)37(22-28-29(34)17-10-18-30(28)35)32(38)20-19-26-15-9-14-25-13-7-8-16-27(25)26/h4-18,23,31H,3,19-22H2,1-2H3,(H,36,39). The van der Waals surface area contributed by atoms with Crippen molar-refractivity contribution in [2.24, 2.45) is 0 Å². The summed E-state index contributed by atoms with van der Waals surface area (Å²) in [5.74, 6) is -0.311. The Labute approximate surface area is 240 Å². The number of amides is 2. The zero-order chi connectivity index (χ0) is 27.8. The Balaban J connectivity index is 1.69. The van der Waals surface area contributed by atoms with Crippen LogP contribution in [0.25, 0.3) is 10.8 Å². The summed E-state index contributed by atoms with van der Waals surface area (Å²) in [5.41, 5.74) is 2.70. The van der Waals surface area contributed by atoms with Crippen LogP contribution in [0, 0.1) is 0 Å². The summed E-state index contributed by atoms with van der Waals surface area (Å²) in [5, 5.41) is 6.30. The predicted molar refractivity (Wildman–Crippen MR) is 161 cm³/mol. The normalized spacial score (nSPS) is 12.6. The van der Waals surface area contributed by atoms with Gasteiger partial charge in [0.25, 0.3) is 0 Å². The molecule has 2 atom stereocenters. The number of fused-ring (bicyclic) bond motifs is 1. The summed E-state index contributed by atoms with van der Waals surface area (Å²) < 4.78 is 0. The first kappa shape index (κ1) is 28.7. The van der Waals surface area contributed by atoms with E-state index in [1.807, 2.05) is 62.4 Å². The molecule has 0 aromatic heterocycles. The molecule has 0 fully saturated rings. The van der Waals surface area contributed by atoms with Gasteiger partial charge in [0.1, 0.15) is 6.04 Å². The van der Waals surface area contributed by atoms with E-state index in [4.69, 9.17) is 23.2 Å². The molecule has 0 heterocycles. The minimum Gasteiger partial charge on any atom is -0.352 e. The van der Waals surface area contributed by atoms with Crippen molar-refractivity contribution in [3.8, 4) is 0 Å². The van der Waals surface area contributed by atoms with Crippen LogP contribution in [-0.2, 0) is 29.0 Å². The van der Waals surface area contributed by atoms with Crippen molar-refractivity contribution in [1.82, 2.24) is 10.2 Å². The van der Waals surface area contributed by atoms with Gasteiger partial charge in [0, 0.05) is 41.0 Å². The van der Waals surface area contributed by atoms with Gasteiger partial charge in [-0.2, -0.15) is 0 Å². The second kappa shape index (κ2) is 13.6. The number of carbonyl (C=O) groups excluding carboxylic acids is 2. The van der Waals surface area contributed by atoms with Gasteiger partial charge < -0.3 is 10.2 Å². The molecule has 0 aliphatic rings. The molecule has 0 aliphatic carbocycles. The Bertz CT molecular complexity index is 1400. The van der Waals surface area contributed by atoms with Gasteiger partial charge in [0.2, 0.25) is 11.8 Å². The number of hydrogen-bond acceptors (Lipinski definition) is 2. The minimum absolute atomic E-state index is 0.0210. The van der Waals surface area contributed by atoms with Crippen LogP contribution in [0.15, 0.2) is 91.0 Å². The Hall–Kier alpha value is -3.34. The quantitative estimate of drug-likeness (QED) is 0.205. The van der Waals surface area contributed by atoms with Gasteiger partial charge in [-0.15, -0.1) is 0 Å². The average molecular weight is 562 g/mol. The zero-order valence-electron chi connectivity index (χ0n) is 22.4. The van der Waals surface area contributed by atoms with Gasteiger partial charge in [-0.1, -0.05) is 109 Å². The van der Waals surface area contributed by atoms with E-state index < -0.39 is 6.04 Å². The lowest BCUT2D eigenvalue weighted by molar-refractivity contribution is -0.141. The third kappa shape index (κ3) is 7.40. The molecule has 2 amide bonds. The summed E-state index contributed by atoms with van der Waals surface area (Å²) in [4.78, 5) is 29.4. The summed E-state index contributed by atoms with van der Waals surface area (Å²) in [6.07, 6.45) is 1.97. The van der Waals surface area contributed by atoms with E-state index in [1.165, 1.54) is 0 Å². The molecule has 0 spiro atoms. The van der Waals surface area contributed by atoms with Gasteiger partial charge >= 0.3 is 0 Å². The smallest absolute Gasteiger partial charge is 0.243 e. The highest BCUT2D eigenvalue weighted by atomic mass is 35.5. The number of hydrogen-bond donors (Lipinski definition) is 1. The lowest BCUT2D eigenvalue weighted by Crippen LogP contribution is -2.52. The minimum atomic E-state index is -0.728. The molecule has 0 saturated carbocycles. The monoisotopic (exact) mass is 560 g/mol. The van der Waals surface area contributed by atoms with Gasteiger partial charge in [0.15, 0.2) is 0 Å². The maximum absolute atomic E-state index is 14.0. The van der Waals surface area contributed by atoms with Crippen molar-refractivity contribution in [2.75, 3.05) is 0 Å². The van der Waals surface area contributed by atoms with Crippen molar-refractivity contribution in [2.45, 2.75) is 58.2 Å². The number of nitrogens with one attached hydrogen (secondary N) is 1. The highest BCUT2D eigenvalue weighted by Gasteiger charge is 2.31. The van der Waals surface area contributed by atoms with E-state index >= 15 is 0 Å². The fourth-order valence-corrected chi connectivity index (χ4v) is 5.26. The van der Waals surface area contributed by atoms with Crippen molar-refractivity contribution < 1.29 is 9.59 Å². The van der Waals surface area contributed by atoms with Gasteiger partial charge in [-0.3, -0.25) is 9.59 Å². The summed E-state index contributed by atoms with van der Waals surface area (Å²) in [6, 6.07) is 28.6. The van der Waals surface area contributed by atoms with Crippen LogP contribution in [0.3, 0.4) is 0 Å². The van der Waals surface area contributed by atoms with E-state index in [0.717, 1.165) is 28.3 Å². The number of halogens is 2. The number of benzene rings is 4. The topological polar surface area (TPSA) is 49.4 Å². The molecule has 6 heteroatoms. The predicted octanol–water partition coefficient (Wildman–Crippen LogP) is 7.63. The number of aryl methyl sites for hydroxylation is 1. The molecule has 4 aromatic rings. The fourth-order valence-electron chi connectivity index (χ4n) is 4.74. The highest BCUT2D eigenvalue weighted by Crippen LogP contribution is 2.28. The Morgan fingerprint density at radius 3 is 2.21 bits per heavy atom. The Morgan fingerprint density at radius 2 is 1.49 bits per heavy atom. The van der Waals surface area contributed by atoms with Crippen LogP contribution in [0.4, 0.5) is 0 Å². The molecule has 39 heavy (non-hydrogen) atoms. The first-order valence-corrected chi connectivity index (χ1v) is 14.2. The second-order valence-corrected chi connectivity index (χ2v) is 10.7. The number of rotatable bonds is 11. The molecular formula is C33H34Cl2N2O2. The molecule has 0 radical (unpaired) electrons. The lowest BCUT2D eigenvalue weighted by atomic mass is 9.99. The molecule has 4 rings (SSSR count). The van der Waals surface area contributed by atoms with Crippen molar-refractivity contribution >= 4 is 45.8 Å². The van der Waals surface area contributed by atoms with E-state index in [-0.39, 0.29) is 30.8 Å². The number of nitrogens with zero attached hydrogens (tertiary/aromatic N) is 1. The lowest BCUT2D eigenvalue weighted by Gasteiger charge is -2.33. The number of carbonyl (C=O) groups is 2. The van der Waals surface area contributed by atoms with Crippen LogP contribution >= 0.6 is 23.2 Å². The van der Waals surface area contributed by atoms with E-state index in [9.17, 15) is 9.59 Å². The molecule has 4 nitrogen and oxygen atoms in total. The first-order valence-electron chi connectivity index (χ1n) is 13.4. The first-order chi connectivity index (χ1) is 18.9. The van der Waals surface area contributed by atoms with Gasteiger partial charge in [0.05, 0.1) is 0 Å². The fraction of sp³-hybridized carbons (Fsp3) is 0.273. The third-order valence-corrected chi connectivity index (χ3v) is 7.86. The van der Waals surface area contributed by atoms with Crippen molar-refractivity contribution in [3.05, 3.63) is 118 Å². The van der Waals surface area contributed by atoms with Crippen LogP contribution in [0.5, 0.6) is 0 Å². The SMILES string of the molecule is CCC(C)NC(=O)C(Cc1ccccc1)N(Cc1c(Cl)cccc1Cl)C(=O)CCc1cccc2ccccc12. The van der Waals surface area contributed by atoms with Crippen LogP contribution in [0.2, 0.25) is 10.0 Å². The van der Waals surface area contributed by atoms with E-state index in [2.05, 4.69) is 29.6 Å². The largest absolute Gasteiger partial charge is 0.352 e. The molecule has 202 valence electrons. The average Bonchev–Trinajstić information content (AvgIpc) is 2.95. The van der Waals surface area contributed by atoms with E-state index in [0.29, 0.717) is 28.5 Å². The van der Waals surface area contributed by atoms with Crippen molar-refractivity contribution in [1.29, 1.82) is 0 Å².